The van der Waals surface area contributed by atoms with E-state index in [0.29, 0.717) is 10.7 Å². The summed E-state index contributed by atoms with van der Waals surface area (Å²) in [5.74, 6) is 1.03. The molecule has 0 saturated heterocycles. The molecule has 0 radical (unpaired) electrons. The highest BCUT2D eigenvalue weighted by molar-refractivity contribution is 7.12. The molecule has 0 atom stereocenters. The number of thiophene rings is 1. The quantitative estimate of drug-likeness (QED) is 0.781. The van der Waals surface area contributed by atoms with Crippen LogP contribution in [0.25, 0.3) is 0 Å². The molecule has 0 aliphatic heterocycles. The van der Waals surface area contributed by atoms with Crippen LogP contribution in [0.2, 0.25) is 0 Å². The van der Waals surface area contributed by atoms with Gasteiger partial charge in [-0.25, -0.2) is 0 Å². The van der Waals surface area contributed by atoms with E-state index in [-0.39, 0.29) is 5.91 Å². The van der Waals surface area contributed by atoms with Crippen LogP contribution in [0.4, 0.5) is 11.6 Å². The summed E-state index contributed by atoms with van der Waals surface area (Å²) in [6, 6.07) is 17.4. The Kier molecular flexibility index (Phi) is 4.63. The van der Waals surface area contributed by atoms with Crippen LogP contribution < -0.4 is 10.2 Å². The zero-order chi connectivity index (χ0) is 16.1. The van der Waals surface area contributed by atoms with Crippen LogP contribution in [-0.4, -0.2) is 23.2 Å². The highest BCUT2D eigenvalue weighted by atomic mass is 32.1. The van der Waals surface area contributed by atoms with Gasteiger partial charge in [0.15, 0.2) is 11.6 Å². The second-order valence-electron chi connectivity index (χ2n) is 5.05. The fraction of sp³-hybridized carbons (Fsp3) is 0.118. The van der Waals surface area contributed by atoms with Crippen molar-refractivity contribution in [3.8, 4) is 0 Å². The van der Waals surface area contributed by atoms with Crippen molar-refractivity contribution in [2.24, 2.45) is 0 Å². The summed E-state index contributed by atoms with van der Waals surface area (Å²) in [5.41, 5.74) is 1.20. The first-order chi connectivity index (χ1) is 11.2. The molecule has 0 aliphatic carbocycles. The Balaban J connectivity index is 1.63. The molecule has 1 aromatic carbocycles. The van der Waals surface area contributed by atoms with Gasteiger partial charge in [-0.05, 0) is 29.1 Å². The molecule has 0 spiro atoms. The number of anilines is 2. The van der Waals surface area contributed by atoms with Crippen LogP contribution >= 0.6 is 11.3 Å². The number of nitrogens with zero attached hydrogens (tertiary/aromatic N) is 3. The number of hydrogen-bond donors (Lipinski definition) is 1. The summed E-state index contributed by atoms with van der Waals surface area (Å²) in [6.07, 6.45) is 0. The largest absolute Gasteiger partial charge is 0.354 e. The lowest BCUT2D eigenvalue weighted by molar-refractivity contribution is 0.103. The van der Waals surface area contributed by atoms with E-state index in [0.717, 1.165) is 12.4 Å². The van der Waals surface area contributed by atoms with Gasteiger partial charge in [0.1, 0.15) is 0 Å². The Bertz CT molecular complexity index is 757. The molecule has 5 nitrogen and oxygen atoms in total. The molecule has 3 rings (SSSR count). The van der Waals surface area contributed by atoms with Gasteiger partial charge in [-0.3, -0.25) is 4.79 Å². The lowest BCUT2D eigenvalue weighted by Crippen LogP contribution is -2.18. The number of rotatable bonds is 5. The number of carbonyl (C=O) groups is 1. The van der Waals surface area contributed by atoms with Gasteiger partial charge >= 0.3 is 0 Å². The summed E-state index contributed by atoms with van der Waals surface area (Å²) in [4.78, 5) is 14.6. The third-order valence-corrected chi connectivity index (χ3v) is 4.16. The number of nitrogens with one attached hydrogen (secondary N) is 1. The zero-order valence-corrected chi connectivity index (χ0v) is 13.5. The van der Waals surface area contributed by atoms with Crippen molar-refractivity contribution >= 4 is 28.9 Å². The van der Waals surface area contributed by atoms with E-state index in [4.69, 9.17) is 0 Å². The SMILES string of the molecule is CN(Cc1ccccc1)c1ccc(NC(=O)c2cccs2)nn1. The Morgan fingerprint density at radius 2 is 1.91 bits per heavy atom. The lowest BCUT2D eigenvalue weighted by atomic mass is 10.2. The normalized spacial score (nSPS) is 10.3. The zero-order valence-electron chi connectivity index (χ0n) is 12.6. The molecule has 2 aromatic heterocycles. The molecule has 6 heteroatoms. The van der Waals surface area contributed by atoms with E-state index in [1.165, 1.54) is 16.9 Å². The average Bonchev–Trinajstić information content (AvgIpc) is 3.11. The van der Waals surface area contributed by atoms with Gasteiger partial charge in [-0.15, -0.1) is 21.5 Å². The molecule has 0 aliphatic rings. The maximum absolute atomic E-state index is 12.0. The average molecular weight is 324 g/mol. The van der Waals surface area contributed by atoms with Crippen LogP contribution in [0.1, 0.15) is 15.2 Å². The van der Waals surface area contributed by atoms with Crippen molar-refractivity contribution in [2.75, 3.05) is 17.3 Å². The predicted molar refractivity (Wildman–Crippen MR) is 92.9 cm³/mol. The van der Waals surface area contributed by atoms with Gasteiger partial charge < -0.3 is 10.2 Å². The van der Waals surface area contributed by atoms with E-state index in [2.05, 4.69) is 27.6 Å². The molecule has 0 fully saturated rings. The maximum Gasteiger partial charge on any atom is 0.266 e. The number of aromatic nitrogens is 2. The molecular weight excluding hydrogens is 308 g/mol. The molecule has 1 N–H and O–H groups in total. The summed E-state index contributed by atoms with van der Waals surface area (Å²) in [6.45, 7) is 0.746. The molecule has 1 amide bonds. The fourth-order valence-electron chi connectivity index (χ4n) is 2.12. The van der Waals surface area contributed by atoms with E-state index >= 15 is 0 Å². The first-order valence-corrected chi connectivity index (χ1v) is 8.04. The highest BCUT2D eigenvalue weighted by Crippen LogP contribution is 2.15. The molecule has 23 heavy (non-hydrogen) atoms. The second-order valence-corrected chi connectivity index (χ2v) is 6.00. The topological polar surface area (TPSA) is 58.1 Å². The van der Waals surface area contributed by atoms with Gasteiger partial charge in [-0.1, -0.05) is 36.4 Å². The molecule has 0 unspecified atom stereocenters. The lowest BCUT2D eigenvalue weighted by Gasteiger charge is -2.17. The van der Waals surface area contributed by atoms with Crippen molar-refractivity contribution in [1.29, 1.82) is 0 Å². The van der Waals surface area contributed by atoms with Gasteiger partial charge in [0.05, 0.1) is 4.88 Å². The van der Waals surface area contributed by atoms with Crippen molar-refractivity contribution < 1.29 is 4.79 Å². The molecule has 3 aromatic rings. The minimum absolute atomic E-state index is 0.167. The fourth-order valence-corrected chi connectivity index (χ4v) is 2.74. The Hall–Kier alpha value is -2.73. The van der Waals surface area contributed by atoms with Crippen molar-refractivity contribution in [3.63, 3.8) is 0 Å². The third kappa shape index (κ3) is 3.92. The molecule has 0 saturated carbocycles. The second kappa shape index (κ2) is 7.02. The standard InChI is InChI=1S/C17H16N4OS/c1-21(12-13-6-3-2-4-7-13)16-10-9-15(19-20-16)18-17(22)14-8-5-11-23-14/h2-11H,12H2,1H3,(H,18,19,22). The van der Waals surface area contributed by atoms with Crippen LogP contribution in [-0.2, 0) is 6.54 Å². The smallest absolute Gasteiger partial charge is 0.266 e. The Morgan fingerprint density at radius 3 is 2.57 bits per heavy atom. The van der Waals surface area contributed by atoms with Crippen LogP contribution in [0.3, 0.4) is 0 Å². The van der Waals surface area contributed by atoms with Crippen LogP contribution in [0.5, 0.6) is 0 Å². The van der Waals surface area contributed by atoms with E-state index in [9.17, 15) is 4.79 Å². The first-order valence-electron chi connectivity index (χ1n) is 7.16. The van der Waals surface area contributed by atoms with Crippen LogP contribution in [0.15, 0.2) is 60.0 Å². The van der Waals surface area contributed by atoms with E-state index < -0.39 is 0 Å². The number of amides is 1. The van der Waals surface area contributed by atoms with Gasteiger partial charge in [0.2, 0.25) is 0 Å². The minimum atomic E-state index is -0.167. The molecule has 0 bridgehead atoms. The van der Waals surface area contributed by atoms with Gasteiger partial charge in [-0.2, -0.15) is 0 Å². The highest BCUT2D eigenvalue weighted by Gasteiger charge is 2.09. The van der Waals surface area contributed by atoms with Gasteiger partial charge in [0, 0.05) is 13.6 Å². The van der Waals surface area contributed by atoms with Crippen LogP contribution in [0, 0.1) is 0 Å². The van der Waals surface area contributed by atoms with Crippen molar-refractivity contribution in [2.45, 2.75) is 6.54 Å². The first kappa shape index (κ1) is 15.2. The summed E-state index contributed by atoms with van der Waals surface area (Å²) in [5, 5.41) is 12.8. The van der Waals surface area contributed by atoms with E-state index in [1.54, 1.807) is 12.1 Å². The van der Waals surface area contributed by atoms with E-state index in [1.807, 2.05) is 47.7 Å². The molecule has 2 heterocycles. The number of hydrogen-bond acceptors (Lipinski definition) is 5. The minimum Gasteiger partial charge on any atom is -0.354 e. The Morgan fingerprint density at radius 1 is 1.09 bits per heavy atom. The third-order valence-electron chi connectivity index (χ3n) is 3.29. The summed E-state index contributed by atoms with van der Waals surface area (Å²) >= 11 is 1.39. The number of benzene rings is 1. The maximum atomic E-state index is 12.0. The predicted octanol–water partition coefficient (Wildman–Crippen LogP) is 3.43. The Labute approximate surface area is 138 Å². The number of carbonyl (C=O) groups excluding carboxylic acids is 1. The molecular formula is C17H16N4OS. The van der Waals surface area contributed by atoms with Gasteiger partial charge in [0.25, 0.3) is 5.91 Å². The summed E-state index contributed by atoms with van der Waals surface area (Å²) < 4.78 is 0. The summed E-state index contributed by atoms with van der Waals surface area (Å²) in [7, 11) is 1.96. The monoisotopic (exact) mass is 324 g/mol. The van der Waals surface area contributed by atoms with Crippen molar-refractivity contribution in [3.05, 3.63) is 70.4 Å². The van der Waals surface area contributed by atoms with Crippen molar-refractivity contribution in [1.82, 2.24) is 10.2 Å². The molecule has 116 valence electrons.